The van der Waals surface area contributed by atoms with Crippen molar-refractivity contribution in [2.75, 3.05) is 7.11 Å². The molecule has 1 aromatic rings. The zero-order valence-electron chi connectivity index (χ0n) is 10.9. The van der Waals surface area contributed by atoms with Gasteiger partial charge in [0.2, 0.25) is 0 Å². The van der Waals surface area contributed by atoms with Crippen LogP contribution in [0.25, 0.3) is 0 Å². The predicted octanol–water partition coefficient (Wildman–Crippen LogP) is 3.75. The molecule has 0 radical (unpaired) electrons. The van der Waals surface area contributed by atoms with Gasteiger partial charge < -0.3 is 9.47 Å². The summed E-state index contributed by atoms with van der Waals surface area (Å²) in [6.45, 7) is 8.75. The zero-order chi connectivity index (χ0) is 12.1. The van der Waals surface area contributed by atoms with E-state index in [2.05, 4.69) is 27.7 Å². The SMILES string of the molecule is COc1ccc(OC(C(C)C)C(C)C)cc1. The molecule has 16 heavy (non-hydrogen) atoms. The standard InChI is InChI=1S/C14H22O2/c1-10(2)14(11(3)4)16-13-8-6-12(15-5)7-9-13/h6-11,14H,1-5H3. The van der Waals surface area contributed by atoms with Crippen LogP contribution in [0.3, 0.4) is 0 Å². The van der Waals surface area contributed by atoms with Crippen LogP contribution in [0.4, 0.5) is 0 Å². The summed E-state index contributed by atoms with van der Waals surface area (Å²) in [7, 11) is 1.67. The van der Waals surface area contributed by atoms with E-state index >= 15 is 0 Å². The number of hydrogen-bond acceptors (Lipinski definition) is 2. The molecule has 0 saturated heterocycles. The smallest absolute Gasteiger partial charge is 0.120 e. The molecular formula is C14H22O2. The highest BCUT2D eigenvalue weighted by atomic mass is 16.5. The number of hydrogen-bond donors (Lipinski definition) is 0. The first-order valence-electron chi connectivity index (χ1n) is 5.85. The molecule has 0 fully saturated rings. The van der Waals surface area contributed by atoms with Gasteiger partial charge in [0, 0.05) is 0 Å². The van der Waals surface area contributed by atoms with E-state index in [0.717, 1.165) is 11.5 Å². The van der Waals surface area contributed by atoms with Crippen LogP contribution in [0.1, 0.15) is 27.7 Å². The molecule has 2 heteroatoms. The Morgan fingerprint density at radius 2 is 1.25 bits per heavy atom. The van der Waals surface area contributed by atoms with Crippen LogP contribution in [0.2, 0.25) is 0 Å². The molecule has 0 aliphatic heterocycles. The minimum atomic E-state index is 0.258. The van der Waals surface area contributed by atoms with Crippen molar-refractivity contribution in [3.05, 3.63) is 24.3 Å². The van der Waals surface area contributed by atoms with Gasteiger partial charge in [-0.2, -0.15) is 0 Å². The molecule has 0 spiro atoms. The Balaban J connectivity index is 2.70. The van der Waals surface area contributed by atoms with Gasteiger partial charge in [0.1, 0.15) is 17.6 Å². The summed E-state index contributed by atoms with van der Waals surface area (Å²) in [5.74, 6) is 2.80. The Labute approximate surface area is 98.6 Å². The van der Waals surface area contributed by atoms with Gasteiger partial charge in [-0.3, -0.25) is 0 Å². The Hall–Kier alpha value is -1.18. The maximum absolute atomic E-state index is 5.98. The highest BCUT2D eigenvalue weighted by molar-refractivity contribution is 5.31. The summed E-state index contributed by atoms with van der Waals surface area (Å²) in [4.78, 5) is 0. The average molecular weight is 222 g/mol. The first-order valence-corrected chi connectivity index (χ1v) is 5.85. The van der Waals surface area contributed by atoms with Gasteiger partial charge in [-0.25, -0.2) is 0 Å². The summed E-state index contributed by atoms with van der Waals surface area (Å²) < 4.78 is 11.1. The van der Waals surface area contributed by atoms with E-state index in [9.17, 15) is 0 Å². The molecule has 0 amide bonds. The lowest BCUT2D eigenvalue weighted by atomic mass is 9.96. The summed E-state index contributed by atoms with van der Waals surface area (Å²) in [5.41, 5.74) is 0. The van der Waals surface area contributed by atoms with Crippen LogP contribution in [0.5, 0.6) is 11.5 Å². The van der Waals surface area contributed by atoms with Crippen LogP contribution in [-0.2, 0) is 0 Å². The number of benzene rings is 1. The van der Waals surface area contributed by atoms with Crippen molar-refractivity contribution in [2.45, 2.75) is 33.8 Å². The maximum atomic E-state index is 5.98. The van der Waals surface area contributed by atoms with Crippen LogP contribution in [0, 0.1) is 11.8 Å². The summed E-state index contributed by atoms with van der Waals surface area (Å²) >= 11 is 0. The molecule has 0 aromatic heterocycles. The van der Waals surface area contributed by atoms with Crippen molar-refractivity contribution in [1.29, 1.82) is 0 Å². The van der Waals surface area contributed by atoms with Crippen molar-refractivity contribution in [3.8, 4) is 11.5 Å². The van der Waals surface area contributed by atoms with Crippen LogP contribution >= 0.6 is 0 Å². The third-order valence-corrected chi connectivity index (χ3v) is 2.65. The fraction of sp³-hybridized carbons (Fsp3) is 0.571. The fourth-order valence-electron chi connectivity index (χ4n) is 1.85. The van der Waals surface area contributed by atoms with E-state index in [1.165, 1.54) is 0 Å². The zero-order valence-corrected chi connectivity index (χ0v) is 10.9. The van der Waals surface area contributed by atoms with Crippen molar-refractivity contribution in [3.63, 3.8) is 0 Å². The Bertz CT molecular complexity index is 293. The van der Waals surface area contributed by atoms with Crippen LogP contribution in [0.15, 0.2) is 24.3 Å². The number of methoxy groups -OCH3 is 1. The van der Waals surface area contributed by atoms with Crippen molar-refractivity contribution < 1.29 is 9.47 Å². The van der Waals surface area contributed by atoms with Gasteiger partial charge in [-0.1, -0.05) is 27.7 Å². The monoisotopic (exact) mass is 222 g/mol. The second-order valence-corrected chi connectivity index (χ2v) is 4.75. The normalized spacial score (nSPS) is 11.2. The second kappa shape index (κ2) is 5.78. The largest absolute Gasteiger partial charge is 0.497 e. The first-order chi connectivity index (χ1) is 7.54. The molecule has 0 aliphatic carbocycles. The van der Waals surface area contributed by atoms with Gasteiger partial charge in [0.15, 0.2) is 0 Å². The average Bonchev–Trinajstić information content (AvgIpc) is 2.25. The molecule has 0 N–H and O–H groups in total. The summed E-state index contributed by atoms with van der Waals surface area (Å²) in [6.07, 6.45) is 0.258. The van der Waals surface area contributed by atoms with Gasteiger partial charge in [-0.05, 0) is 36.1 Å². The van der Waals surface area contributed by atoms with Gasteiger partial charge in [-0.15, -0.1) is 0 Å². The maximum Gasteiger partial charge on any atom is 0.120 e. The van der Waals surface area contributed by atoms with E-state index in [4.69, 9.17) is 9.47 Å². The Kier molecular flexibility index (Phi) is 4.66. The van der Waals surface area contributed by atoms with Crippen LogP contribution in [-0.4, -0.2) is 13.2 Å². The van der Waals surface area contributed by atoms with E-state index in [-0.39, 0.29) is 6.10 Å². The van der Waals surface area contributed by atoms with Crippen molar-refractivity contribution >= 4 is 0 Å². The molecule has 0 unspecified atom stereocenters. The molecule has 0 heterocycles. The second-order valence-electron chi connectivity index (χ2n) is 4.75. The van der Waals surface area contributed by atoms with Crippen molar-refractivity contribution in [1.82, 2.24) is 0 Å². The van der Waals surface area contributed by atoms with E-state index in [1.54, 1.807) is 7.11 Å². The number of ether oxygens (including phenoxy) is 2. The summed E-state index contributed by atoms with van der Waals surface area (Å²) in [6, 6.07) is 7.76. The van der Waals surface area contributed by atoms with Gasteiger partial charge >= 0.3 is 0 Å². The fourth-order valence-corrected chi connectivity index (χ4v) is 1.85. The predicted molar refractivity (Wildman–Crippen MR) is 67.1 cm³/mol. The van der Waals surface area contributed by atoms with Gasteiger partial charge in [0.05, 0.1) is 7.11 Å². The molecule has 0 aliphatic rings. The molecule has 0 atom stereocenters. The Morgan fingerprint density at radius 3 is 1.62 bits per heavy atom. The number of rotatable bonds is 5. The lowest BCUT2D eigenvalue weighted by Gasteiger charge is -2.26. The third-order valence-electron chi connectivity index (χ3n) is 2.65. The highest BCUT2D eigenvalue weighted by Gasteiger charge is 2.19. The third kappa shape index (κ3) is 3.44. The quantitative estimate of drug-likeness (QED) is 0.755. The molecule has 1 aromatic carbocycles. The lowest BCUT2D eigenvalue weighted by molar-refractivity contribution is 0.105. The van der Waals surface area contributed by atoms with Gasteiger partial charge in [0.25, 0.3) is 0 Å². The minimum absolute atomic E-state index is 0.258. The Morgan fingerprint density at radius 1 is 0.812 bits per heavy atom. The lowest BCUT2D eigenvalue weighted by Crippen LogP contribution is -2.28. The van der Waals surface area contributed by atoms with E-state index in [0.29, 0.717) is 11.8 Å². The van der Waals surface area contributed by atoms with E-state index < -0.39 is 0 Å². The first kappa shape index (κ1) is 12.9. The molecule has 0 saturated carbocycles. The van der Waals surface area contributed by atoms with Crippen LogP contribution < -0.4 is 9.47 Å². The highest BCUT2D eigenvalue weighted by Crippen LogP contribution is 2.23. The minimum Gasteiger partial charge on any atom is -0.497 e. The molecule has 2 nitrogen and oxygen atoms in total. The topological polar surface area (TPSA) is 18.5 Å². The summed E-state index contributed by atoms with van der Waals surface area (Å²) in [5, 5.41) is 0. The van der Waals surface area contributed by atoms with Crippen molar-refractivity contribution in [2.24, 2.45) is 11.8 Å². The molecule has 0 bridgehead atoms. The van der Waals surface area contributed by atoms with E-state index in [1.807, 2.05) is 24.3 Å². The molecular weight excluding hydrogens is 200 g/mol. The molecule has 90 valence electrons. The molecule has 1 rings (SSSR count).